The summed E-state index contributed by atoms with van der Waals surface area (Å²) in [6.45, 7) is -0.345. The fraction of sp³-hybridized carbons (Fsp3) is 0.200. The number of aryl methyl sites for hydroxylation is 1. The fourth-order valence-electron chi connectivity index (χ4n) is 2.62. The monoisotopic (exact) mass is 371 g/mol. The predicted molar refractivity (Wildman–Crippen MR) is 98.2 cm³/mol. The van der Waals surface area contributed by atoms with Crippen molar-refractivity contribution in [3.63, 3.8) is 0 Å². The number of hydrogen-bond donors (Lipinski definition) is 1. The maximum absolute atomic E-state index is 12.4. The van der Waals surface area contributed by atoms with Crippen molar-refractivity contribution in [2.75, 3.05) is 5.32 Å². The highest BCUT2D eigenvalue weighted by molar-refractivity contribution is 6.04. The molecule has 2 aromatic carbocycles. The molecule has 0 aliphatic rings. The summed E-state index contributed by atoms with van der Waals surface area (Å²) in [7, 11) is 0. The number of benzene rings is 2. The first kappa shape index (κ1) is 18.6. The topological polar surface area (TPSA) is 56.2 Å². The molecule has 0 aliphatic heterocycles. The van der Waals surface area contributed by atoms with E-state index in [0.29, 0.717) is 12.4 Å². The molecule has 1 heterocycles. The van der Waals surface area contributed by atoms with Gasteiger partial charge in [-0.25, -0.2) is 4.68 Å². The van der Waals surface area contributed by atoms with Gasteiger partial charge in [0, 0.05) is 11.6 Å². The first-order chi connectivity index (χ1) is 13.0. The average molecular weight is 371 g/mol. The number of carbonyl (C=O) groups excluding carboxylic acids is 1. The van der Waals surface area contributed by atoms with Crippen LogP contribution in [-0.4, -0.2) is 22.3 Å². The van der Waals surface area contributed by atoms with Crippen LogP contribution in [0.4, 0.5) is 14.6 Å². The average Bonchev–Trinajstić information content (AvgIpc) is 3.08. The zero-order valence-corrected chi connectivity index (χ0v) is 14.7. The Labute approximate surface area is 155 Å². The Kier molecular flexibility index (Phi) is 5.80. The first-order valence-corrected chi connectivity index (χ1v) is 8.51. The van der Waals surface area contributed by atoms with E-state index in [1.807, 2.05) is 12.1 Å². The van der Waals surface area contributed by atoms with E-state index < -0.39 is 12.5 Å². The van der Waals surface area contributed by atoms with Crippen LogP contribution in [0.25, 0.3) is 0 Å². The van der Waals surface area contributed by atoms with Crippen LogP contribution < -0.4 is 10.1 Å². The molecule has 0 saturated heterocycles. The number of rotatable bonds is 7. The van der Waals surface area contributed by atoms with Gasteiger partial charge in [-0.3, -0.25) is 4.79 Å². The molecule has 7 heteroatoms. The van der Waals surface area contributed by atoms with E-state index in [1.54, 1.807) is 16.9 Å². The molecule has 27 heavy (non-hydrogen) atoms. The van der Waals surface area contributed by atoms with Gasteiger partial charge in [-0.05, 0) is 35.7 Å². The standard InChI is InChI=1S/C20H19F2N3O2/c1-2-14-6-8-15(9-7-14)13-25-18(10-11-23-25)24-19(26)16-4-3-5-17(12-16)27-20(21)22/h3-12,20H,2,13H2,1H3,(H,24,26). The van der Waals surface area contributed by atoms with Gasteiger partial charge >= 0.3 is 6.61 Å². The summed E-state index contributed by atoms with van der Waals surface area (Å²) in [5.41, 5.74) is 2.52. The Morgan fingerprint density at radius 1 is 1.15 bits per heavy atom. The van der Waals surface area contributed by atoms with Crippen molar-refractivity contribution in [2.24, 2.45) is 0 Å². The lowest BCUT2D eigenvalue weighted by molar-refractivity contribution is -0.0498. The van der Waals surface area contributed by atoms with Gasteiger partial charge in [0.05, 0.1) is 12.7 Å². The van der Waals surface area contributed by atoms with Crippen molar-refractivity contribution in [2.45, 2.75) is 26.5 Å². The summed E-state index contributed by atoms with van der Waals surface area (Å²) in [5.74, 6) is 0.0136. The highest BCUT2D eigenvalue weighted by atomic mass is 19.3. The summed E-state index contributed by atoms with van der Waals surface area (Å²) in [5, 5.41) is 6.98. The number of halogens is 2. The van der Waals surface area contributed by atoms with Crippen molar-refractivity contribution in [1.29, 1.82) is 0 Å². The van der Waals surface area contributed by atoms with Gasteiger partial charge in [-0.2, -0.15) is 13.9 Å². The largest absolute Gasteiger partial charge is 0.435 e. The third-order valence-electron chi connectivity index (χ3n) is 4.04. The molecule has 3 aromatic rings. The number of hydrogen-bond acceptors (Lipinski definition) is 3. The Morgan fingerprint density at radius 3 is 2.59 bits per heavy atom. The lowest BCUT2D eigenvalue weighted by atomic mass is 10.1. The highest BCUT2D eigenvalue weighted by Gasteiger charge is 2.12. The lowest BCUT2D eigenvalue weighted by Gasteiger charge is -2.10. The zero-order valence-electron chi connectivity index (χ0n) is 14.7. The van der Waals surface area contributed by atoms with Crippen LogP contribution in [0, 0.1) is 0 Å². The van der Waals surface area contributed by atoms with E-state index in [0.717, 1.165) is 12.0 Å². The smallest absolute Gasteiger partial charge is 0.387 e. The Hall–Kier alpha value is -3.22. The van der Waals surface area contributed by atoms with Gasteiger partial charge in [0.1, 0.15) is 11.6 Å². The van der Waals surface area contributed by atoms with Gasteiger partial charge in [-0.15, -0.1) is 0 Å². The third kappa shape index (κ3) is 4.91. The normalized spacial score (nSPS) is 10.8. The molecular weight excluding hydrogens is 352 g/mol. The van der Waals surface area contributed by atoms with Crippen LogP contribution in [0.15, 0.2) is 60.8 Å². The SMILES string of the molecule is CCc1ccc(Cn2nccc2NC(=O)c2cccc(OC(F)F)c2)cc1. The van der Waals surface area contributed by atoms with Crippen molar-refractivity contribution in [3.05, 3.63) is 77.5 Å². The van der Waals surface area contributed by atoms with Crippen LogP contribution in [0.5, 0.6) is 5.75 Å². The molecule has 1 aromatic heterocycles. The first-order valence-electron chi connectivity index (χ1n) is 8.51. The van der Waals surface area contributed by atoms with Crippen LogP contribution in [0.1, 0.15) is 28.4 Å². The number of aromatic nitrogens is 2. The lowest BCUT2D eigenvalue weighted by Crippen LogP contribution is -2.16. The quantitative estimate of drug-likeness (QED) is 0.672. The minimum Gasteiger partial charge on any atom is -0.435 e. The summed E-state index contributed by atoms with van der Waals surface area (Å²) >= 11 is 0. The minimum atomic E-state index is -2.94. The molecule has 0 saturated carbocycles. The Morgan fingerprint density at radius 2 is 1.89 bits per heavy atom. The molecule has 0 fully saturated rings. The molecule has 3 rings (SSSR count). The third-order valence-corrected chi connectivity index (χ3v) is 4.04. The van der Waals surface area contributed by atoms with Gasteiger partial charge in [0.15, 0.2) is 0 Å². The number of nitrogens with one attached hydrogen (secondary N) is 1. The summed E-state index contributed by atoms with van der Waals surface area (Å²) < 4.78 is 30.7. The number of nitrogens with zero attached hydrogens (tertiary/aromatic N) is 2. The van der Waals surface area contributed by atoms with Crippen LogP contribution in [0.2, 0.25) is 0 Å². The van der Waals surface area contributed by atoms with Crippen molar-refractivity contribution < 1.29 is 18.3 Å². The van der Waals surface area contributed by atoms with Crippen molar-refractivity contribution in [1.82, 2.24) is 9.78 Å². The van der Waals surface area contributed by atoms with Crippen molar-refractivity contribution >= 4 is 11.7 Å². The van der Waals surface area contributed by atoms with E-state index in [4.69, 9.17) is 0 Å². The van der Waals surface area contributed by atoms with Gasteiger partial charge < -0.3 is 10.1 Å². The van der Waals surface area contributed by atoms with E-state index in [-0.39, 0.29) is 11.3 Å². The number of carbonyl (C=O) groups is 1. The van der Waals surface area contributed by atoms with E-state index >= 15 is 0 Å². The Bertz CT molecular complexity index is 908. The summed E-state index contributed by atoms with van der Waals surface area (Å²) in [6.07, 6.45) is 2.56. The van der Waals surface area contributed by atoms with Crippen molar-refractivity contribution in [3.8, 4) is 5.75 Å². The van der Waals surface area contributed by atoms with Gasteiger partial charge in [0.25, 0.3) is 5.91 Å². The van der Waals surface area contributed by atoms with Gasteiger partial charge in [0.2, 0.25) is 0 Å². The van der Waals surface area contributed by atoms with E-state index in [9.17, 15) is 13.6 Å². The fourth-order valence-corrected chi connectivity index (χ4v) is 2.62. The van der Waals surface area contributed by atoms with Gasteiger partial charge in [-0.1, -0.05) is 37.3 Å². The Balaban J connectivity index is 1.71. The number of anilines is 1. The molecule has 1 N–H and O–H groups in total. The molecular formula is C20H19F2N3O2. The van der Waals surface area contributed by atoms with E-state index in [2.05, 4.69) is 34.2 Å². The number of ether oxygens (including phenoxy) is 1. The molecule has 140 valence electrons. The molecule has 0 radical (unpaired) electrons. The maximum atomic E-state index is 12.4. The maximum Gasteiger partial charge on any atom is 0.387 e. The molecule has 1 amide bonds. The zero-order chi connectivity index (χ0) is 19.2. The second kappa shape index (κ2) is 8.44. The summed E-state index contributed by atoms with van der Waals surface area (Å²) in [6, 6.07) is 15.5. The molecule has 0 bridgehead atoms. The number of amides is 1. The second-order valence-corrected chi connectivity index (χ2v) is 5.90. The summed E-state index contributed by atoms with van der Waals surface area (Å²) in [4.78, 5) is 12.4. The van der Waals surface area contributed by atoms with Crippen LogP contribution in [0.3, 0.4) is 0 Å². The number of alkyl halides is 2. The minimum absolute atomic E-state index is 0.0674. The molecule has 5 nitrogen and oxygen atoms in total. The van der Waals surface area contributed by atoms with Crippen LogP contribution >= 0.6 is 0 Å². The second-order valence-electron chi connectivity index (χ2n) is 5.90. The molecule has 0 atom stereocenters. The highest BCUT2D eigenvalue weighted by Crippen LogP contribution is 2.18. The molecule has 0 aliphatic carbocycles. The van der Waals surface area contributed by atoms with Crippen LogP contribution in [-0.2, 0) is 13.0 Å². The predicted octanol–water partition coefficient (Wildman–Crippen LogP) is 4.35. The van der Waals surface area contributed by atoms with E-state index in [1.165, 1.54) is 29.8 Å². The molecule has 0 unspecified atom stereocenters. The molecule has 0 spiro atoms.